The van der Waals surface area contributed by atoms with Crippen LogP contribution < -0.4 is 0 Å². The molecule has 0 saturated carbocycles. The van der Waals surface area contributed by atoms with Gasteiger partial charge in [0.15, 0.2) is 0 Å². The molecule has 1 aromatic rings. The summed E-state index contributed by atoms with van der Waals surface area (Å²) in [4.78, 5) is 26.6. The van der Waals surface area contributed by atoms with E-state index in [1.807, 2.05) is 0 Å². The molecule has 0 bridgehead atoms. The Morgan fingerprint density at radius 1 is 1.39 bits per heavy atom. The number of rotatable bonds is 2. The van der Waals surface area contributed by atoms with Gasteiger partial charge in [0.2, 0.25) is 0 Å². The fourth-order valence-electron chi connectivity index (χ4n) is 1.29. The molecule has 1 amide bonds. The second-order valence-electron chi connectivity index (χ2n) is 3.36. The number of ether oxygens (including phenoxy) is 1. The van der Waals surface area contributed by atoms with Crippen molar-refractivity contribution < 1.29 is 14.3 Å². The van der Waals surface area contributed by atoms with Gasteiger partial charge in [-0.2, -0.15) is 0 Å². The van der Waals surface area contributed by atoms with Gasteiger partial charge in [0.25, 0.3) is 0 Å². The third-order valence-electron chi connectivity index (χ3n) is 2.16. The van der Waals surface area contributed by atoms with E-state index in [2.05, 4.69) is 9.73 Å². The number of methoxy groups -OCH3 is 1. The van der Waals surface area contributed by atoms with E-state index < -0.39 is 5.97 Å². The first-order valence-electron chi connectivity index (χ1n) is 4.96. The standard InChI is InChI=1S/C12H8ClNO3Se/c1-17-10(15)6-9-11(16)14-12(18-9)7-2-4-8(13)5-3-7/h2-6H,1H3/b9-6-. The molecule has 6 heteroatoms. The Kier molecular flexibility index (Phi) is 3.97. The van der Waals surface area contributed by atoms with Crippen LogP contribution in [0.3, 0.4) is 0 Å². The van der Waals surface area contributed by atoms with Crippen LogP contribution in [0.15, 0.2) is 39.8 Å². The van der Waals surface area contributed by atoms with Crippen LogP contribution in [0.4, 0.5) is 0 Å². The maximum atomic E-state index is 11.6. The Morgan fingerprint density at radius 3 is 2.67 bits per heavy atom. The van der Waals surface area contributed by atoms with Gasteiger partial charge in [-0.25, -0.2) is 0 Å². The van der Waals surface area contributed by atoms with E-state index in [1.54, 1.807) is 24.3 Å². The van der Waals surface area contributed by atoms with Crippen LogP contribution in [-0.4, -0.2) is 38.6 Å². The van der Waals surface area contributed by atoms with Crippen molar-refractivity contribution in [1.29, 1.82) is 0 Å². The molecule has 0 aromatic heterocycles. The number of halogens is 1. The molecule has 0 saturated heterocycles. The summed E-state index contributed by atoms with van der Waals surface area (Å²) in [7, 11) is 1.27. The zero-order valence-electron chi connectivity index (χ0n) is 9.34. The Hall–Kier alpha value is -1.42. The predicted octanol–water partition coefficient (Wildman–Crippen LogP) is 1.39. The van der Waals surface area contributed by atoms with Crippen molar-refractivity contribution in [2.24, 2.45) is 4.99 Å². The molecule has 18 heavy (non-hydrogen) atoms. The van der Waals surface area contributed by atoms with Crippen LogP contribution >= 0.6 is 11.6 Å². The number of hydrogen-bond acceptors (Lipinski definition) is 3. The minimum absolute atomic E-state index is 0.279. The summed E-state index contributed by atoms with van der Waals surface area (Å²) >= 11 is 5.51. The predicted molar refractivity (Wildman–Crippen MR) is 68.8 cm³/mol. The van der Waals surface area contributed by atoms with E-state index in [4.69, 9.17) is 11.6 Å². The van der Waals surface area contributed by atoms with Gasteiger partial charge >= 0.3 is 115 Å². The molecule has 0 spiro atoms. The molecule has 0 atom stereocenters. The van der Waals surface area contributed by atoms with Gasteiger partial charge in [-0.1, -0.05) is 0 Å². The van der Waals surface area contributed by atoms with E-state index in [0.717, 1.165) is 5.56 Å². The van der Waals surface area contributed by atoms with Crippen molar-refractivity contribution in [2.45, 2.75) is 0 Å². The molecule has 4 nitrogen and oxygen atoms in total. The Morgan fingerprint density at radius 2 is 2.06 bits per heavy atom. The van der Waals surface area contributed by atoms with Crippen molar-refractivity contribution >= 4 is 43.0 Å². The first-order valence-corrected chi connectivity index (χ1v) is 7.05. The van der Waals surface area contributed by atoms with Crippen LogP contribution in [0.2, 0.25) is 5.02 Å². The number of carbonyl (C=O) groups excluding carboxylic acids is 2. The van der Waals surface area contributed by atoms with E-state index in [0.29, 0.717) is 14.1 Å². The van der Waals surface area contributed by atoms with Crippen molar-refractivity contribution in [2.75, 3.05) is 7.11 Å². The molecule has 1 aromatic carbocycles. The molecule has 0 N–H and O–H groups in total. The monoisotopic (exact) mass is 329 g/mol. The molecule has 92 valence electrons. The summed E-state index contributed by atoms with van der Waals surface area (Å²) < 4.78 is 5.59. The minimum atomic E-state index is -0.534. The number of esters is 1. The van der Waals surface area contributed by atoms with E-state index in [9.17, 15) is 9.59 Å². The third kappa shape index (κ3) is 2.88. The average Bonchev–Trinajstić information content (AvgIpc) is 2.71. The Labute approximate surface area is 115 Å². The second-order valence-corrected chi connectivity index (χ2v) is 5.96. The average molecular weight is 329 g/mol. The number of nitrogens with zero attached hydrogens (tertiary/aromatic N) is 1. The zero-order chi connectivity index (χ0) is 13.1. The molecule has 1 aliphatic rings. The topological polar surface area (TPSA) is 55.7 Å². The van der Waals surface area contributed by atoms with E-state index in [-0.39, 0.29) is 20.9 Å². The van der Waals surface area contributed by atoms with Crippen molar-refractivity contribution in [3.63, 3.8) is 0 Å². The summed E-state index contributed by atoms with van der Waals surface area (Å²) in [5, 5.41) is 0.626. The molecular formula is C12H8ClNO3Se. The third-order valence-corrected chi connectivity index (χ3v) is 4.58. The van der Waals surface area contributed by atoms with Crippen molar-refractivity contribution in [3.05, 3.63) is 45.4 Å². The normalized spacial score (nSPS) is 16.9. The van der Waals surface area contributed by atoms with Gasteiger partial charge in [0.05, 0.1) is 0 Å². The molecule has 0 fully saturated rings. The van der Waals surface area contributed by atoms with Crippen LogP contribution in [0, 0.1) is 0 Å². The second kappa shape index (κ2) is 5.48. The van der Waals surface area contributed by atoms with Gasteiger partial charge < -0.3 is 0 Å². The summed E-state index contributed by atoms with van der Waals surface area (Å²) in [5.74, 6) is -0.905. The van der Waals surface area contributed by atoms with Gasteiger partial charge in [-0.15, -0.1) is 0 Å². The SMILES string of the molecule is COC(=O)/C=C1\[Se]C(c2ccc(Cl)cc2)=NC1=O. The summed E-state index contributed by atoms with van der Waals surface area (Å²) in [5.41, 5.74) is 0.848. The molecule has 0 radical (unpaired) electrons. The first kappa shape index (κ1) is 13.0. The molecule has 2 rings (SSSR count). The molecule has 0 aliphatic carbocycles. The van der Waals surface area contributed by atoms with Gasteiger partial charge in [0.1, 0.15) is 0 Å². The quantitative estimate of drug-likeness (QED) is 0.468. The Balaban J connectivity index is 2.22. The van der Waals surface area contributed by atoms with Crippen LogP contribution in [0.5, 0.6) is 0 Å². The fourth-order valence-corrected chi connectivity index (χ4v) is 3.26. The van der Waals surface area contributed by atoms with Crippen LogP contribution in [-0.2, 0) is 14.3 Å². The summed E-state index contributed by atoms with van der Waals surface area (Å²) in [6.07, 6.45) is 1.20. The van der Waals surface area contributed by atoms with Crippen LogP contribution in [0.25, 0.3) is 0 Å². The van der Waals surface area contributed by atoms with Crippen molar-refractivity contribution in [3.8, 4) is 0 Å². The van der Waals surface area contributed by atoms with Gasteiger partial charge in [0, 0.05) is 0 Å². The van der Waals surface area contributed by atoms with E-state index in [1.165, 1.54) is 13.2 Å². The van der Waals surface area contributed by atoms with Gasteiger partial charge in [-0.3, -0.25) is 0 Å². The molecular weight excluding hydrogens is 321 g/mol. The van der Waals surface area contributed by atoms with E-state index >= 15 is 0 Å². The summed E-state index contributed by atoms with van der Waals surface area (Å²) in [6, 6.07) is 7.08. The number of amides is 1. The zero-order valence-corrected chi connectivity index (χ0v) is 11.8. The number of carbonyl (C=O) groups is 2. The van der Waals surface area contributed by atoms with Crippen LogP contribution in [0.1, 0.15) is 5.56 Å². The molecule has 0 unspecified atom stereocenters. The molecule has 1 heterocycles. The van der Waals surface area contributed by atoms with Crippen molar-refractivity contribution in [1.82, 2.24) is 0 Å². The number of hydrogen-bond donors (Lipinski definition) is 0. The molecule has 1 aliphatic heterocycles. The first-order chi connectivity index (χ1) is 8.60. The fraction of sp³-hybridized carbons (Fsp3) is 0.0833. The number of benzene rings is 1. The van der Waals surface area contributed by atoms with Gasteiger partial charge in [-0.05, 0) is 0 Å². The Bertz CT molecular complexity index is 563. The number of aliphatic imine (C=N–C) groups is 1. The summed E-state index contributed by atoms with van der Waals surface area (Å²) in [6.45, 7) is 0. The maximum absolute atomic E-state index is 11.6.